The van der Waals surface area contributed by atoms with Crippen LogP contribution in [-0.2, 0) is 4.74 Å². The van der Waals surface area contributed by atoms with Gasteiger partial charge in [-0.1, -0.05) is 5.11 Å². The second-order valence-electron chi connectivity index (χ2n) is 3.14. The molecule has 0 aromatic heterocycles. The number of ether oxygens (including phenoxy) is 1. The first-order chi connectivity index (χ1) is 7.15. The molecule has 1 aliphatic rings. The van der Waals surface area contributed by atoms with Gasteiger partial charge < -0.3 is 20.1 Å². The number of nitrogens with zero attached hydrogens (tertiary/aromatic N) is 3. The Hall–Kier alpha value is -0.500. The van der Waals surface area contributed by atoms with Crippen LogP contribution in [-0.4, -0.2) is 58.0 Å². The molecule has 0 saturated carbocycles. The van der Waals surface area contributed by atoms with E-state index in [1.54, 1.807) is 6.26 Å². The molecule has 15 heavy (non-hydrogen) atoms. The van der Waals surface area contributed by atoms with Crippen LogP contribution in [0.3, 0.4) is 0 Å². The average molecular weight is 235 g/mol. The Morgan fingerprint density at radius 2 is 2.13 bits per heavy atom. The SMILES string of the molecule is CS[C@@H]1O[C@H](CO)[C@@H](O)[C@H](O)[C@@H]1N=[N+]=[N-]. The molecule has 0 spiro atoms. The summed E-state index contributed by atoms with van der Waals surface area (Å²) in [6.07, 6.45) is -1.58. The van der Waals surface area contributed by atoms with E-state index in [1.807, 2.05) is 0 Å². The molecule has 3 N–H and O–H groups in total. The number of hydrogen-bond acceptors (Lipinski definition) is 6. The molecule has 7 nitrogen and oxygen atoms in total. The van der Waals surface area contributed by atoms with Crippen molar-refractivity contribution in [3.63, 3.8) is 0 Å². The van der Waals surface area contributed by atoms with E-state index in [-0.39, 0.29) is 0 Å². The summed E-state index contributed by atoms with van der Waals surface area (Å²) in [5.41, 5.74) is 7.75. The van der Waals surface area contributed by atoms with Crippen molar-refractivity contribution in [2.24, 2.45) is 5.11 Å². The Kier molecular flexibility index (Phi) is 4.65. The van der Waals surface area contributed by atoms with Crippen LogP contribution in [0.2, 0.25) is 0 Å². The molecule has 1 aliphatic heterocycles. The number of aliphatic hydroxyl groups is 3. The van der Waals surface area contributed by atoms with Crippen LogP contribution in [0.1, 0.15) is 0 Å². The van der Waals surface area contributed by atoms with Gasteiger partial charge in [-0.15, -0.1) is 11.8 Å². The summed E-state index contributed by atoms with van der Waals surface area (Å²) in [5.74, 6) is 0. The first-order valence-corrected chi connectivity index (χ1v) is 5.64. The van der Waals surface area contributed by atoms with Crippen LogP contribution >= 0.6 is 11.8 Å². The van der Waals surface area contributed by atoms with Gasteiger partial charge in [-0.2, -0.15) is 0 Å². The molecule has 0 aromatic rings. The van der Waals surface area contributed by atoms with E-state index in [0.29, 0.717) is 0 Å². The van der Waals surface area contributed by atoms with Gasteiger partial charge in [-0.25, -0.2) is 0 Å². The highest BCUT2D eigenvalue weighted by Crippen LogP contribution is 2.29. The first-order valence-electron chi connectivity index (χ1n) is 4.35. The number of thioether (sulfide) groups is 1. The minimum absolute atomic E-state index is 0.391. The van der Waals surface area contributed by atoms with Gasteiger partial charge in [-0.05, 0) is 11.8 Å². The van der Waals surface area contributed by atoms with E-state index < -0.39 is 36.4 Å². The van der Waals surface area contributed by atoms with Crippen LogP contribution in [0.4, 0.5) is 0 Å². The fourth-order valence-corrected chi connectivity index (χ4v) is 2.19. The third kappa shape index (κ3) is 2.54. The predicted octanol–water partition coefficient (Wildman–Crippen LogP) is -0.533. The number of aliphatic hydroxyl groups excluding tert-OH is 3. The van der Waals surface area contributed by atoms with Crippen molar-refractivity contribution in [2.45, 2.75) is 29.8 Å². The van der Waals surface area contributed by atoms with E-state index in [0.717, 1.165) is 0 Å². The maximum Gasteiger partial charge on any atom is 0.114 e. The van der Waals surface area contributed by atoms with Crippen molar-refractivity contribution in [3.05, 3.63) is 10.4 Å². The van der Waals surface area contributed by atoms with Crippen molar-refractivity contribution in [1.29, 1.82) is 0 Å². The van der Waals surface area contributed by atoms with Gasteiger partial charge in [-0.3, -0.25) is 0 Å². The molecule has 1 rings (SSSR count). The van der Waals surface area contributed by atoms with Gasteiger partial charge in [0.2, 0.25) is 0 Å². The third-order valence-corrected chi connectivity index (χ3v) is 3.12. The lowest BCUT2D eigenvalue weighted by Crippen LogP contribution is -2.56. The van der Waals surface area contributed by atoms with Gasteiger partial charge >= 0.3 is 0 Å². The topological polar surface area (TPSA) is 119 Å². The average Bonchev–Trinajstić information content (AvgIpc) is 2.25. The molecular weight excluding hydrogens is 222 g/mol. The molecule has 5 atom stereocenters. The summed E-state index contributed by atoms with van der Waals surface area (Å²) in [6.45, 7) is -0.391. The highest BCUT2D eigenvalue weighted by molar-refractivity contribution is 7.99. The quantitative estimate of drug-likeness (QED) is 0.345. The van der Waals surface area contributed by atoms with Crippen LogP contribution < -0.4 is 0 Å². The summed E-state index contributed by atoms with van der Waals surface area (Å²) >= 11 is 1.25. The van der Waals surface area contributed by atoms with E-state index in [4.69, 9.17) is 15.4 Å². The lowest BCUT2D eigenvalue weighted by molar-refractivity contribution is -0.165. The highest BCUT2D eigenvalue weighted by Gasteiger charge is 2.43. The molecule has 0 radical (unpaired) electrons. The van der Waals surface area contributed by atoms with Crippen molar-refractivity contribution in [1.82, 2.24) is 0 Å². The van der Waals surface area contributed by atoms with Gasteiger partial charge in [0, 0.05) is 4.91 Å². The molecule has 86 valence electrons. The molecule has 8 heteroatoms. The first kappa shape index (κ1) is 12.6. The summed E-state index contributed by atoms with van der Waals surface area (Å²) in [6, 6.07) is -0.845. The zero-order chi connectivity index (χ0) is 11.4. The summed E-state index contributed by atoms with van der Waals surface area (Å²) in [7, 11) is 0. The second-order valence-corrected chi connectivity index (χ2v) is 4.07. The van der Waals surface area contributed by atoms with E-state index >= 15 is 0 Å². The maximum atomic E-state index is 9.65. The third-order valence-electron chi connectivity index (χ3n) is 2.27. The largest absolute Gasteiger partial charge is 0.394 e. The minimum atomic E-state index is -1.24. The lowest BCUT2D eigenvalue weighted by atomic mass is 9.99. The van der Waals surface area contributed by atoms with Gasteiger partial charge in [0.05, 0.1) is 12.7 Å². The zero-order valence-corrected chi connectivity index (χ0v) is 8.91. The number of azide groups is 1. The molecule has 1 saturated heterocycles. The smallest absolute Gasteiger partial charge is 0.114 e. The molecule has 0 bridgehead atoms. The molecular formula is C7H13N3O4S. The van der Waals surface area contributed by atoms with Crippen LogP contribution in [0.5, 0.6) is 0 Å². The summed E-state index contributed by atoms with van der Waals surface area (Å²) < 4.78 is 5.27. The standard InChI is InChI=1S/C7H13N3O4S/c1-15-7-4(9-10-8)6(13)5(12)3(2-11)14-7/h3-7,11-13H,2H2,1H3/t3-,4+,5-,6-,7+/m1/s1. The van der Waals surface area contributed by atoms with E-state index in [9.17, 15) is 10.2 Å². The van der Waals surface area contributed by atoms with Crippen LogP contribution in [0, 0.1) is 0 Å². The highest BCUT2D eigenvalue weighted by atomic mass is 32.2. The summed E-state index contributed by atoms with van der Waals surface area (Å²) in [4.78, 5) is 2.59. The molecule has 0 amide bonds. The van der Waals surface area contributed by atoms with Gasteiger partial charge in [0.1, 0.15) is 23.7 Å². The monoisotopic (exact) mass is 235 g/mol. The Balaban J connectivity index is 2.83. The van der Waals surface area contributed by atoms with Crippen LogP contribution in [0.15, 0.2) is 5.11 Å². The van der Waals surface area contributed by atoms with E-state index in [2.05, 4.69) is 10.0 Å². The fourth-order valence-electron chi connectivity index (χ4n) is 1.44. The summed E-state index contributed by atoms with van der Waals surface area (Å²) in [5, 5.41) is 31.5. The number of rotatable bonds is 3. The molecule has 0 aliphatic carbocycles. The molecule has 0 unspecified atom stereocenters. The predicted molar refractivity (Wildman–Crippen MR) is 54.2 cm³/mol. The Labute approximate surface area is 90.7 Å². The van der Waals surface area contributed by atoms with Crippen molar-refractivity contribution < 1.29 is 20.1 Å². The van der Waals surface area contributed by atoms with E-state index in [1.165, 1.54) is 11.8 Å². The molecule has 1 fully saturated rings. The fraction of sp³-hybridized carbons (Fsp3) is 1.00. The van der Waals surface area contributed by atoms with Crippen molar-refractivity contribution >= 4 is 11.8 Å². The Morgan fingerprint density at radius 3 is 2.60 bits per heavy atom. The second kappa shape index (κ2) is 5.55. The van der Waals surface area contributed by atoms with Crippen molar-refractivity contribution in [2.75, 3.05) is 12.9 Å². The van der Waals surface area contributed by atoms with Crippen molar-refractivity contribution in [3.8, 4) is 0 Å². The lowest BCUT2D eigenvalue weighted by Gasteiger charge is -2.39. The van der Waals surface area contributed by atoms with Gasteiger partial charge in [0.15, 0.2) is 0 Å². The number of hydrogen-bond donors (Lipinski definition) is 3. The van der Waals surface area contributed by atoms with Crippen LogP contribution in [0.25, 0.3) is 10.4 Å². The zero-order valence-electron chi connectivity index (χ0n) is 8.09. The molecule has 1 heterocycles. The Morgan fingerprint density at radius 1 is 1.47 bits per heavy atom. The molecule has 0 aromatic carbocycles. The van der Waals surface area contributed by atoms with Gasteiger partial charge in [0.25, 0.3) is 0 Å². The maximum absolute atomic E-state index is 9.65. The normalized spacial score (nSPS) is 40.9. The Bertz CT molecular complexity index is 259. The minimum Gasteiger partial charge on any atom is -0.394 e.